The molecular formula is C22H27F3N4O5. The van der Waals surface area contributed by atoms with Crippen LogP contribution in [0.4, 0.5) is 19.0 Å². The lowest BCUT2D eigenvalue weighted by Gasteiger charge is -2.20. The summed E-state index contributed by atoms with van der Waals surface area (Å²) >= 11 is 0. The highest BCUT2D eigenvalue weighted by Crippen LogP contribution is 2.28. The maximum atomic E-state index is 12.8. The highest BCUT2D eigenvalue weighted by Gasteiger charge is 2.31. The predicted molar refractivity (Wildman–Crippen MR) is 121 cm³/mol. The minimum atomic E-state index is -4.86. The van der Waals surface area contributed by atoms with Gasteiger partial charge in [-0.2, -0.15) is 9.90 Å². The number of aliphatic imine (C=N–C) groups is 1. The lowest BCUT2D eigenvalue weighted by Crippen LogP contribution is -2.40. The van der Waals surface area contributed by atoms with Crippen molar-refractivity contribution in [1.29, 1.82) is 0 Å². The zero-order valence-electron chi connectivity index (χ0n) is 19.5. The summed E-state index contributed by atoms with van der Waals surface area (Å²) in [6.07, 6.45) is -4.63. The lowest BCUT2D eigenvalue weighted by molar-refractivity contribution is -0.274. The van der Waals surface area contributed by atoms with Gasteiger partial charge in [-0.15, -0.1) is 13.2 Å². The summed E-state index contributed by atoms with van der Waals surface area (Å²) in [4.78, 5) is 40.3. The van der Waals surface area contributed by atoms with Crippen LogP contribution in [0.25, 0.3) is 0 Å². The molecule has 0 saturated carbocycles. The van der Waals surface area contributed by atoms with Crippen molar-refractivity contribution in [2.24, 2.45) is 29.1 Å². The first-order valence-electron chi connectivity index (χ1n) is 10.6. The fourth-order valence-corrected chi connectivity index (χ4v) is 3.02. The Balaban J connectivity index is 2.54. The van der Waals surface area contributed by atoms with Crippen LogP contribution in [0.5, 0.6) is 11.5 Å². The van der Waals surface area contributed by atoms with E-state index >= 15 is 0 Å². The molecule has 0 aliphatic heterocycles. The Morgan fingerprint density at radius 2 is 1.79 bits per heavy atom. The van der Waals surface area contributed by atoms with Crippen molar-refractivity contribution in [2.75, 3.05) is 6.54 Å². The molecule has 1 aromatic carbocycles. The molecular weight excluding hydrogens is 457 g/mol. The number of ether oxygens (including phenoxy) is 2. The number of halogens is 3. The molecule has 0 saturated heterocycles. The van der Waals surface area contributed by atoms with Crippen molar-refractivity contribution in [2.45, 2.75) is 47.0 Å². The largest absolute Gasteiger partial charge is 0.573 e. The van der Waals surface area contributed by atoms with Crippen molar-refractivity contribution >= 4 is 11.7 Å². The Morgan fingerprint density at radius 1 is 1.15 bits per heavy atom. The molecule has 0 N–H and O–H groups in total. The third kappa shape index (κ3) is 6.78. The second-order valence-corrected chi connectivity index (χ2v) is 8.06. The quantitative estimate of drug-likeness (QED) is 0.228. The Kier molecular flexibility index (Phi) is 8.77. The first kappa shape index (κ1) is 26.8. The van der Waals surface area contributed by atoms with Gasteiger partial charge in [-0.05, 0) is 31.4 Å². The van der Waals surface area contributed by atoms with Crippen molar-refractivity contribution in [1.82, 2.24) is 9.13 Å². The van der Waals surface area contributed by atoms with Gasteiger partial charge in [-0.3, -0.25) is 13.9 Å². The fourth-order valence-electron chi connectivity index (χ4n) is 3.02. The van der Waals surface area contributed by atoms with Crippen LogP contribution in [-0.2, 0) is 13.6 Å². The maximum absolute atomic E-state index is 12.8. The van der Waals surface area contributed by atoms with Crippen LogP contribution >= 0.6 is 0 Å². The number of nitroso groups, excluding NO2 is 1. The van der Waals surface area contributed by atoms with E-state index in [1.54, 1.807) is 6.92 Å². The third-order valence-electron chi connectivity index (χ3n) is 5.24. The van der Waals surface area contributed by atoms with Crippen LogP contribution in [0.1, 0.15) is 32.8 Å². The van der Waals surface area contributed by atoms with Gasteiger partial charge < -0.3 is 9.47 Å². The van der Waals surface area contributed by atoms with Gasteiger partial charge in [0.25, 0.3) is 5.56 Å². The molecule has 34 heavy (non-hydrogen) atoms. The Labute approximate surface area is 193 Å². The lowest BCUT2D eigenvalue weighted by atomic mass is 9.98. The molecule has 0 aliphatic carbocycles. The van der Waals surface area contributed by atoms with E-state index in [0.717, 1.165) is 16.7 Å². The number of nitrogens with zero attached hydrogens (tertiary/aromatic N) is 4. The first-order chi connectivity index (χ1) is 15.9. The summed E-state index contributed by atoms with van der Waals surface area (Å²) in [5, 5.41) is 2.73. The van der Waals surface area contributed by atoms with Gasteiger partial charge in [0.05, 0.1) is 12.1 Å². The van der Waals surface area contributed by atoms with Gasteiger partial charge in [0.15, 0.2) is 5.90 Å². The summed E-state index contributed by atoms with van der Waals surface area (Å²) in [6.45, 7) is 7.11. The van der Waals surface area contributed by atoms with E-state index in [4.69, 9.17) is 4.74 Å². The molecule has 1 aromatic heterocycles. The van der Waals surface area contributed by atoms with Gasteiger partial charge in [0.1, 0.15) is 17.3 Å². The molecule has 2 aromatic rings. The van der Waals surface area contributed by atoms with E-state index in [9.17, 15) is 27.7 Å². The zero-order chi connectivity index (χ0) is 25.6. The Morgan fingerprint density at radius 3 is 2.38 bits per heavy atom. The van der Waals surface area contributed by atoms with Gasteiger partial charge in [-0.1, -0.05) is 32.0 Å². The van der Waals surface area contributed by atoms with E-state index in [0.29, 0.717) is 0 Å². The molecule has 9 nitrogen and oxygen atoms in total. The monoisotopic (exact) mass is 484 g/mol. The van der Waals surface area contributed by atoms with Crippen LogP contribution in [0.15, 0.2) is 44.0 Å². The predicted octanol–water partition coefficient (Wildman–Crippen LogP) is 4.31. The van der Waals surface area contributed by atoms with Gasteiger partial charge >= 0.3 is 12.1 Å². The van der Waals surface area contributed by atoms with Crippen molar-refractivity contribution in [3.8, 4) is 11.5 Å². The molecule has 186 valence electrons. The average molecular weight is 484 g/mol. The van der Waals surface area contributed by atoms with Gasteiger partial charge in [0.2, 0.25) is 0 Å². The first-order valence-corrected chi connectivity index (χ1v) is 10.6. The molecule has 1 atom stereocenters. The van der Waals surface area contributed by atoms with Crippen LogP contribution in [0.3, 0.4) is 0 Å². The van der Waals surface area contributed by atoms with Crippen LogP contribution in [-0.4, -0.2) is 27.9 Å². The summed E-state index contributed by atoms with van der Waals surface area (Å²) in [5.74, 6) is -0.544. The van der Waals surface area contributed by atoms with Crippen LogP contribution in [0, 0.1) is 23.7 Å². The second-order valence-electron chi connectivity index (χ2n) is 8.06. The second kappa shape index (κ2) is 11.1. The standard InChI is InChI=1S/C22H27F3N4O5/c1-13(2)14(3)19(33-16-8-6-9-17(12-16)34-22(23,24)25)27-18-15(4)20(30)29(11-7-10-26-32)21(31)28(18)5/h6,8-9,12-14H,7,10-11H2,1-5H3/b27-19+/t14-/m1/s1. The summed E-state index contributed by atoms with van der Waals surface area (Å²) < 4.78 is 49.7. The van der Waals surface area contributed by atoms with E-state index in [1.807, 2.05) is 13.8 Å². The fraction of sp³-hybridized carbons (Fsp3) is 0.500. The van der Waals surface area contributed by atoms with Gasteiger partial charge in [-0.25, -0.2) is 4.79 Å². The molecule has 0 spiro atoms. The number of hydrogen-bond donors (Lipinski definition) is 0. The molecule has 0 radical (unpaired) electrons. The van der Waals surface area contributed by atoms with E-state index < -0.39 is 23.4 Å². The zero-order valence-corrected chi connectivity index (χ0v) is 19.5. The van der Waals surface area contributed by atoms with Crippen LogP contribution in [0.2, 0.25) is 0 Å². The van der Waals surface area contributed by atoms with E-state index in [1.165, 1.54) is 30.7 Å². The van der Waals surface area contributed by atoms with Crippen molar-refractivity contribution in [3.05, 3.63) is 55.6 Å². The third-order valence-corrected chi connectivity index (χ3v) is 5.24. The number of rotatable bonds is 9. The highest BCUT2D eigenvalue weighted by atomic mass is 19.4. The summed E-state index contributed by atoms with van der Waals surface area (Å²) in [7, 11) is 1.44. The summed E-state index contributed by atoms with van der Waals surface area (Å²) in [6, 6.07) is 4.98. The van der Waals surface area contributed by atoms with E-state index in [-0.39, 0.29) is 54.4 Å². The molecule has 12 heteroatoms. The number of benzene rings is 1. The molecule has 1 heterocycles. The number of aromatic nitrogens is 2. The number of hydrogen-bond acceptors (Lipinski definition) is 7. The van der Waals surface area contributed by atoms with Crippen molar-refractivity contribution in [3.63, 3.8) is 0 Å². The molecule has 2 rings (SSSR count). The Bertz CT molecular complexity index is 1130. The average Bonchev–Trinajstić information content (AvgIpc) is 2.75. The topological polar surface area (TPSA) is 104 Å². The van der Waals surface area contributed by atoms with E-state index in [2.05, 4.69) is 14.9 Å². The Hall–Kier alpha value is -3.44. The SMILES string of the molecule is Cc1c(/N=C(/Oc2cccc(OC(F)(F)F)c2)[C@H](C)C(C)C)n(C)c(=O)n(CCCN=O)c1=O. The van der Waals surface area contributed by atoms with Crippen LogP contribution < -0.4 is 20.7 Å². The molecule has 0 amide bonds. The number of alkyl halides is 3. The normalized spacial score (nSPS) is 13.1. The molecule has 0 aliphatic rings. The highest BCUT2D eigenvalue weighted by molar-refractivity contribution is 5.83. The minimum Gasteiger partial charge on any atom is -0.442 e. The summed E-state index contributed by atoms with van der Waals surface area (Å²) in [5.41, 5.74) is -1.02. The molecule has 0 fully saturated rings. The van der Waals surface area contributed by atoms with Crippen molar-refractivity contribution < 1.29 is 22.6 Å². The minimum absolute atomic E-state index is 0.0157. The van der Waals surface area contributed by atoms with Gasteiger partial charge in [0, 0.05) is 25.6 Å². The molecule has 0 unspecified atom stereocenters. The molecule has 0 bridgehead atoms. The maximum Gasteiger partial charge on any atom is 0.573 e. The smallest absolute Gasteiger partial charge is 0.442 e.